The molecule has 2 N–H and O–H groups in total. The van der Waals surface area contributed by atoms with Crippen molar-refractivity contribution in [3.63, 3.8) is 0 Å². The average Bonchev–Trinajstić information content (AvgIpc) is 3.29. The van der Waals surface area contributed by atoms with E-state index in [2.05, 4.69) is 39.5 Å². The van der Waals surface area contributed by atoms with Crippen molar-refractivity contribution in [2.45, 2.75) is 162 Å². The second-order valence-corrected chi connectivity index (χ2v) is 19.5. The number of ether oxygens (including phenoxy) is 5. The molecule has 8 heteroatoms. The van der Waals surface area contributed by atoms with Crippen LogP contribution in [0.25, 0.3) is 0 Å². The summed E-state index contributed by atoms with van der Waals surface area (Å²) in [4.78, 5) is 2.54. The summed E-state index contributed by atoms with van der Waals surface area (Å²) in [7, 11) is 0. The molecule has 0 radical (unpaired) electrons. The molecule has 3 heterocycles. The van der Waals surface area contributed by atoms with Gasteiger partial charge < -0.3 is 33.9 Å². The molecule has 5 aliphatic carbocycles. The van der Waals surface area contributed by atoms with E-state index in [0.29, 0.717) is 47.2 Å². The molecule has 8 nitrogen and oxygen atoms in total. The van der Waals surface area contributed by atoms with Crippen LogP contribution >= 0.6 is 0 Å². The summed E-state index contributed by atoms with van der Waals surface area (Å²) in [5.41, 5.74) is -0.445. The van der Waals surface area contributed by atoms with E-state index < -0.39 is 17.8 Å². The van der Waals surface area contributed by atoms with E-state index in [4.69, 9.17) is 23.7 Å². The fourth-order valence-corrected chi connectivity index (χ4v) is 14.7. The Morgan fingerprint density at radius 3 is 2.44 bits per heavy atom. The molecular formula is C40H67NO7. The Morgan fingerprint density at radius 2 is 1.73 bits per heavy atom. The third kappa shape index (κ3) is 4.67. The van der Waals surface area contributed by atoms with E-state index in [1.54, 1.807) is 0 Å². The molecule has 5 unspecified atom stereocenters. The summed E-state index contributed by atoms with van der Waals surface area (Å²) in [6.45, 7) is 22.8. The smallest absolute Gasteiger partial charge is 0.170 e. The zero-order chi connectivity index (χ0) is 34.1. The highest BCUT2D eigenvalue weighted by Crippen LogP contribution is 2.89. The minimum Gasteiger partial charge on any atom is -0.390 e. The molecule has 8 fully saturated rings. The van der Waals surface area contributed by atoms with Crippen LogP contribution < -0.4 is 0 Å². The van der Waals surface area contributed by atoms with Crippen molar-refractivity contribution < 1.29 is 33.9 Å². The predicted molar refractivity (Wildman–Crippen MR) is 183 cm³/mol. The first-order valence-corrected chi connectivity index (χ1v) is 19.9. The molecule has 3 aliphatic heterocycles. The van der Waals surface area contributed by atoms with Gasteiger partial charge in [0.05, 0.1) is 43.2 Å². The highest BCUT2D eigenvalue weighted by molar-refractivity contribution is 5.33. The van der Waals surface area contributed by atoms with Gasteiger partial charge >= 0.3 is 0 Å². The summed E-state index contributed by atoms with van der Waals surface area (Å²) in [5.74, 6) is 1.85. The van der Waals surface area contributed by atoms with Crippen LogP contribution in [0.15, 0.2) is 0 Å². The zero-order valence-corrected chi connectivity index (χ0v) is 31.3. The molecule has 3 saturated heterocycles. The lowest BCUT2D eigenvalue weighted by atomic mass is 9.41. The first-order chi connectivity index (χ1) is 22.6. The minimum atomic E-state index is -1.01. The number of morpholine rings is 1. The van der Waals surface area contributed by atoms with Crippen LogP contribution in [0.3, 0.4) is 0 Å². The van der Waals surface area contributed by atoms with Gasteiger partial charge in [0.25, 0.3) is 0 Å². The third-order valence-corrected chi connectivity index (χ3v) is 16.9. The summed E-state index contributed by atoms with van der Waals surface area (Å²) in [6, 6.07) is 0.504. The summed E-state index contributed by atoms with van der Waals surface area (Å²) in [5, 5.41) is 23.7. The molecule has 0 bridgehead atoms. The Labute approximate surface area is 290 Å². The number of nitrogens with zero attached hydrogens (tertiary/aromatic N) is 1. The Kier molecular flexibility index (Phi) is 8.39. The molecule has 0 aromatic heterocycles. The van der Waals surface area contributed by atoms with Crippen LogP contribution in [0.4, 0.5) is 0 Å². The first-order valence-electron chi connectivity index (χ1n) is 19.9. The van der Waals surface area contributed by atoms with Gasteiger partial charge in [0.1, 0.15) is 6.10 Å². The van der Waals surface area contributed by atoms with Gasteiger partial charge in [-0.3, -0.25) is 4.90 Å². The highest BCUT2D eigenvalue weighted by atomic mass is 16.7. The fraction of sp³-hybridized carbons (Fsp3) is 1.00. The van der Waals surface area contributed by atoms with Gasteiger partial charge in [-0.2, -0.15) is 0 Å². The van der Waals surface area contributed by atoms with Gasteiger partial charge in [-0.25, -0.2) is 0 Å². The van der Waals surface area contributed by atoms with Gasteiger partial charge in [-0.1, -0.05) is 34.6 Å². The van der Waals surface area contributed by atoms with Crippen LogP contribution in [0, 0.1) is 50.7 Å². The Morgan fingerprint density at radius 1 is 0.979 bits per heavy atom. The van der Waals surface area contributed by atoms with Crippen molar-refractivity contribution in [2.75, 3.05) is 39.5 Å². The van der Waals surface area contributed by atoms with Crippen LogP contribution in [-0.4, -0.2) is 103 Å². The first kappa shape index (κ1) is 34.7. The molecule has 0 aromatic rings. The average molecular weight is 674 g/mol. The van der Waals surface area contributed by atoms with E-state index >= 15 is 0 Å². The third-order valence-electron chi connectivity index (χ3n) is 16.9. The number of hydrogen-bond acceptors (Lipinski definition) is 8. The van der Waals surface area contributed by atoms with Crippen molar-refractivity contribution in [1.82, 2.24) is 4.90 Å². The predicted octanol–water partition coefficient (Wildman–Crippen LogP) is 5.81. The number of hydrogen-bond donors (Lipinski definition) is 2. The SMILES string of the molecule is CCO[C@@H](C1C[C@@H](C)[C@H]2C(O1)[C@H](O)[C@@]1(C)C3CC[C@H]4C(C)(C)C(O[C@H]5CN(C6CCOC6)CCO5)CC[C@@]45C[C@@]35CC[C@]21C)C(C)(C)O. The molecule has 5 saturated carbocycles. The number of rotatable bonds is 7. The number of fused-ring (bicyclic) bond motifs is 4. The van der Waals surface area contributed by atoms with Crippen molar-refractivity contribution in [3.05, 3.63) is 0 Å². The van der Waals surface area contributed by atoms with E-state index in [1.165, 1.54) is 38.5 Å². The van der Waals surface area contributed by atoms with E-state index in [0.717, 1.165) is 52.2 Å². The van der Waals surface area contributed by atoms with Crippen LogP contribution in [0.1, 0.15) is 113 Å². The second kappa shape index (κ2) is 11.6. The van der Waals surface area contributed by atoms with Gasteiger partial charge in [0, 0.05) is 37.8 Å². The largest absolute Gasteiger partial charge is 0.390 e. The molecule has 2 spiro atoms. The minimum absolute atomic E-state index is 0.0221. The Hall–Kier alpha value is -0.320. The quantitative estimate of drug-likeness (QED) is 0.350. The second-order valence-electron chi connectivity index (χ2n) is 19.5. The number of aliphatic hydroxyl groups excluding tert-OH is 1. The van der Waals surface area contributed by atoms with Crippen LogP contribution in [0.5, 0.6) is 0 Å². The number of aliphatic hydroxyl groups is 2. The fourth-order valence-electron chi connectivity index (χ4n) is 14.7. The Balaban J connectivity index is 1.02. The maximum absolute atomic E-state index is 12.6. The van der Waals surface area contributed by atoms with E-state index in [1.807, 2.05) is 20.8 Å². The molecule has 48 heavy (non-hydrogen) atoms. The van der Waals surface area contributed by atoms with Crippen molar-refractivity contribution >= 4 is 0 Å². The van der Waals surface area contributed by atoms with E-state index in [-0.39, 0.29) is 40.8 Å². The molecule has 8 rings (SSSR count). The lowest BCUT2D eigenvalue weighted by molar-refractivity contribution is -0.251. The zero-order valence-electron chi connectivity index (χ0n) is 31.3. The van der Waals surface area contributed by atoms with Gasteiger partial charge in [-0.05, 0) is 124 Å². The molecule has 0 aromatic carbocycles. The normalized spacial score (nSPS) is 53.6. The highest BCUT2D eigenvalue weighted by Gasteiger charge is 2.84. The molecular weight excluding hydrogens is 606 g/mol. The van der Waals surface area contributed by atoms with Crippen molar-refractivity contribution in [3.8, 4) is 0 Å². The maximum Gasteiger partial charge on any atom is 0.170 e. The van der Waals surface area contributed by atoms with Gasteiger partial charge in [0.2, 0.25) is 0 Å². The summed E-state index contributed by atoms with van der Waals surface area (Å²) < 4.78 is 32.0. The lowest BCUT2D eigenvalue weighted by Gasteiger charge is -2.64. The molecule has 15 atom stereocenters. The Bertz CT molecular complexity index is 1220. The maximum atomic E-state index is 12.6. The molecule has 8 aliphatic rings. The molecule has 274 valence electrons. The monoisotopic (exact) mass is 673 g/mol. The topological polar surface area (TPSA) is 89.9 Å². The summed E-state index contributed by atoms with van der Waals surface area (Å²) in [6.07, 6.45) is 9.18. The van der Waals surface area contributed by atoms with Crippen molar-refractivity contribution in [1.29, 1.82) is 0 Å². The molecule has 0 amide bonds. The van der Waals surface area contributed by atoms with Crippen LogP contribution in [-0.2, 0) is 23.7 Å². The van der Waals surface area contributed by atoms with Crippen molar-refractivity contribution in [2.24, 2.45) is 50.7 Å². The standard InChI is InChI=1S/C40H67NO7/c1-9-45-34(36(5,6)43)26-20-24(2)31-32(47-26)33(42)38(8)28-11-10-27-35(3,4)29(12-14-39(27)23-40(28,39)16-15-37(31,38)7)48-30-21-41(17-19-46-30)25-13-18-44-22-25/h24-34,42-43H,9-23H2,1-8H3/t24-,25?,26?,27+,28?,29?,30+,31+,32?,33+,34+,37-,38-,39-,40+/m1/s1. The van der Waals surface area contributed by atoms with E-state index in [9.17, 15) is 10.2 Å². The summed E-state index contributed by atoms with van der Waals surface area (Å²) >= 11 is 0. The van der Waals surface area contributed by atoms with Gasteiger partial charge in [-0.15, -0.1) is 0 Å². The lowest BCUT2D eigenvalue weighted by Crippen LogP contribution is -2.60. The van der Waals surface area contributed by atoms with Gasteiger partial charge in [0.15, 0.2) is 6.29 Å². The van der Waals surface area contributed by atoms with Crippen LogP contribution in [0.2, 0.25) is 0 Å².